The van der Waals surface area contributed by atoms with E-state index < -0.39 is 31.5 Å². The molecular weight excluding hydrogens is 703 g/mol. The van der Waals surface area contributed by atoms with Crippen LogP contribution in [-0.2, 0) is 26.5 Å². The van der Waals surface area contributed by atoms with Crippen LogP contribution in [-0.4, -0.2) is 73.2 Å². The molecule has 54 heavy (non-hydrogen) atoms. The highest BCUT2D eigenvalue weighted by Crippen LogP contribution is 2.60. The number of para-hydroxylation sites is 3. The Morgan fingerprint density at radius 1 is 0.963 bits per heavy atom. The zero-order valence-electron chi connectivity index (χ0n) is 30.9. The third-order valence-electron chi connectivity index (χ3n) is 11.7. The number of rotatable bonds is 8. The molecule has 4 heterocycles. The highest BCUT2D eigenvalue weighted by Gasteiger charge is 2.66. The summed E-state index contributed by atoms with van der Waals surface area (Å²) in [4.78, 5) is 59.5. The number of carbonyl (C=O) groups is 3. The molecule has 12 heteroatoms. The zero-order chi connectivity index (χ0) is 37.9. The molecule has 1 spiro atoms. The number of anilines is 3. The molecule has 0 aliphatic carbocycles. The van der Waals surface area contributed by atoms with Gasteiger partial charge in [-0.1, -0.05) is 43.3 Å². The second-order valence-electron chi connectivity index (χ2n) is 15.3. The minimum absolute atomic E-state index is 0.00611. The van der Waals surface area contributed by atoms with Crippen LogP contribution in [0.4, 0.5) is 17.1 Å². The fourth-order valence-corrected chi connectivity index (χ4v) is 11.7. The minimum atomic E-state index is -3.01. The number of methoxy groups -OCH3 is 1. The lowest BCUT2D eigenvalue weighted by Crippen LogP contribution is -2.46. The highest BCUT2D eigenvalue weighted by molar-refractivity contribution is 6.71. The number of amides is 3. The molecule has 280 valence electrons. The Morgan fingerprint density at radius 2 is 1.69 bits per heavy atom. The monoisotopic (exact) mass is 747 g/mol. The fraction of sp³-hybridized carbons (Fsp3) is 0.357. The van der Waals surface area contributed by atoms with Crippen LogP contribution in [0.2, 0.25) is 18.6 Å². The van der Waals surface area contributed by atoms with E-state index in [1.54, 1.807) is 33.9 Å². The quantitative estimate of drug-likeness (QED) is 0.196. The van der Waals surface area contributed by atoms with Gasteiger partial charge in [0.2, 0.25) is 5.91 Å². The van der Waals surface area contributed by atoms with Gasteiger partial charge in [0.05, 0.1) is 55.8 Å². The van der Waals surface area contributed by atoms with Crippen LogP contribution >= 0.6 is 0 Å². The first-order valence-electron chi connectivity index (χ1n) is 18.6. The molecule has 0 unspecified atom stereocenters. The van der Waals surface area contributed by atoms with Crippen LogP contribution in [0.5, 0.6) is 17.2 Å². The van der Waals surface area contributed by atoms with Gasteiger partial charge in [0.15, 0.2) is 19.7 Å². The van der Waals surface area contributed by atoms with Crippen molar-refractivity contribution in [2.24, 2.45) is 5.92 Å². The number of ether oxygens (including phenoxy) is 3. The Balaban J connectivity index is 1.12. The molecule has 4 aromatic rings. The van der Waals surface area contributed by atoms with Gasteiger partial charge in [-0.25, -0.2) is 0 Å². The van der Waals surface area contributed by atoms with E-state index in [-0.39, 0.29) is 43.3 Å². The van der Waals surface area contributed by atoms with Gasteiger partial charge >= 0.3 is 0 Å². The molecule has 4 aliphatic heterocycles. The number of likely N-dealkylation sites (tertiary alicyclic amines) is 1. The first-order chi connectivity index (χ1) is 26.0. The second-order valence-corrected chi connectivity index (χ2v) is 19.3. The first kappa shape index (κ1) is 36.0. The molecule has 4 aromatic carbocycles. The fourth-order valence-electron chi connectivity index (χ4n) is 9.18. The Morgan fingerprint density at radius 3 is 2.41 bits per heavy atom. The minimum Gasteiger partial charge on any atom is -0.497 e. The van der Waals surface area contributed by atoms with Crippen molar-refractivity contribution >= 4 is 43.1 Å². The van der Waals surface area contributed by atoms with Crippen LogP contribution < -0.4 is 19.3 Å². The average molecular weight is 748 g/mol. The van der Waals surface area contributed by atoms with Crippen molar-refractivity contribution in [2.45, 2.75) is 69.1 Å². The lowest BCUT2D eigenvalue weighted by atomic mass is 9.82. The number of fused-ring (bicyclic) bond motifs is 4. The van der Waals surface area contributed by atoms with Gasteiger partial charge < -0.3 is 33.9 Å². The molecule has 0 bridgehead atoms. The van der Waals surface area contributed by atoms with Crippen LogP contribution in [0.25, 0.3) is 0 Å². The van der Waals surface area contributed by atoms with E-state index in [1.165, 1.54) is 0 Å². The maximum absolute atomic E-state index is 15.0. The van der Waals surface area contributed by atoms with Gasteiger partial charge in [-0.05, 0) is 86.1 Å². The van der Waals surface area contributed by atoms with Gasteiger partial charge in [-0.3, -0.25) is 19.3 Å². The third-order valence-corrected chi connectivity index (χ3v) is 14.2. The molecule has 8 rings (SSSR count). The molecule has 0 radical (unpaired) electrons. The summed E-state index contributed by atoms with van der Waals surface area (Å²) in [6, 6.07) is 27.4. The van der Waals surface area contributed by atoms with E-state index in [2.05, 4.69) is 0 Å². The zero-order valence-corrected chi connectivity index (χ0v) is 31.9. The first-order valence-corrected chi connectivity index (χ1v) is 21.6. The Labute approximate surface area is 315 Å². The SMILES string of the molecule is COc1ccc2c(c1)[C@@]1(O[C@H](CC(=O)N3CCC[C@H]3CO)[C@@H]([Si](C)(C)O)[C@@H]1C)C(=O)N2Cc1ccc(N2C(=O)c3ccccc3Oc3ccccc32)cc1. The topological polar surface area (TPSA) is 129 Å². The summed E-state index contributed by atoms with van der Waals surface area (Å²) in [6.45, 7) is 6.30. The van der Waals surface area contributed by atoms with Crippen LogP contribution in [0.15, 0.2) is 91.0 Å². The number of aliphatic hydroxyl groups is 1. The Bertz CT molecular complexity index is 2120. The van der Waals surface area contributed by atoms with Gasteiger partial charge in [0.25, 0.3) is 11.8 Å². The van der Waals surface area contributed by atoms with Crippen LogP contribution in [0, 0.1) is 5.92 Å². The highest BCUT2D eigenvalue weighted by atomic mass is 28.4. The largest absolute Gasteiger partial charge is 0.497 e. The predicted octanol–water partition coefficient (Wildman–Crippen LogP) is 6.50. The molecule has 5 atom stereocenters. The van der Waals surface area contributed by atoms with Crippen LogP contribution in [0.1, 0.15) is 47.7 Å². The summed E-state index contributed by atoms with van der Waals surface area (Å²) in [5.74, 6) is 0.532. The van der Waals surface area contributed by atoms with Crippen molar-refractivity contribution in [3.8, 4) is 17.2 Å². The van der Waals surface area contributed by atoms with E-state index >= 15 is 4.79 Å². The lowest BCUT2D eigenvalue weighted by Gasteiger charge is -2.33. The molecule has 2 N–H and O–H groups in total. The maximum atomic E-state index is 15.0. The standard InChI is InChI=1S/C42H45N3O8Si/c1-26-39(54(3,4)50)37(23-38(47)43-21-9-10-29(43)25-46)53-42(26)32-22-30(51-2)19-20-33(32)44(41(42)49)24-27-15-17-28(18-16-27)45-34-12-6-8-14-36(34)52-35-13-7-5-11-31(35)40(45)48/h5-8,11-20,22,26,29,37,39,46,50H,9-10,21,23-25H2,1-4H3/t26-,29-,37+,39-,42+/m0/s1. The van der Waals surface area contributed by atoms with E-state index in [4.69, 9.17) is 14.2 Å². The molecule has 0 aromatic heterocycles. The number of carbonyl (C=O) groups excluding carboxylic acids is 3. The Kier molecular flexibility index (Phi) is 9.12. The number of nitrogens with zero attached hydrogens (tertiary/aromatic N) is 3. The summed E-state index contributed by atoms with van der Waals surface area (Å²) >= 11 is 0. The van der Waals surface area contributed by atoms with Crippen molar-refractivity contribution in [3.63, 3.8) is 0 Å². The predicted molar refractivity (Wildman–Crippen MR) is 206 cm³/mol. The van der Waals surface area contributed by atoms with Crippen molar-refractivity contribution in [2.75, 3.05) is 30.1 Å². The summed E-state index contributed by atoms with van der Waals surface area (Å²) < 4.78 is 18.7. The summed E-state index contributed by atoms with van der Waals surface area (Å²) in [6.07, 6.45) is 0.859. The van der Waals surface area contributed by atoms with Gasteiger partial charge in [0, 0.05) is 29.3 Å². The van der Waals surface area contributed by atoms with Crippen molar-refractivity contribution in [3.05, 3.63) is 108 Å². The van der Waals surface area contributed by atoms with Crippen molar-refractivity contribution in [1.82, 2.24) is 4.90 Å². The van der Waals surface area contributed by atoms with Crippen molar-refractivity contribution < 1.29 is 38.5 Å². The van der Waals surface area contributed by atoms with E-state index in [9.17, 15) is 19.5 Å². The molecule has 4 aliphatic rings. The normalized spacial score (nSPS) is 24.7. The summed E-state index contributed by atoms with van der Waals surface area (Å²) in [5, 5.41) is 9.92. The number of hydrogen-bond acceptors (Lipinski definition) is 8. The van der Waals surface area contributed by atoms with E-state index in [1.807, 2.05) is 98.9 Å². The number of aliphatic hydroxyl groups excluding tert-OH is 1. The van der Waals surface area contributed by atoms with Crippen molar-refractivity contribution in [1.29, 1.82) is 0 Å². The smallest absolute Gasteiger partial charge is 0.266 e. The second kappa shape index (κ2) is 13.7. The third kappa shape index (κ3) is 5.79. The van der Waals surface area contributed by atoms with Gasteiger partial charge in [-0.2, -0.15) is 0 Å². The summed E-state index contributed by atoms with van der Waals surface area (Å²) in [7, 11) is -1.44. The van der Waals surface area contributed by atoms with E-state index in [0.29, 0.717) is 52.0 Å². The maximum Gasteiger partial charge on any atom is 0.266 e. The molecule has 2 saturated heterocycles. The number of hydrogen-bond donors (Lipinski definition) is 2. The average Bonchev–Trinajstić information content (AvgIpc) is 3.80. The molecule has 2 fully saturated rings. The van der Waals surface area contributed by atoms with Gasteiger partial charge in [0.1, 0.15) is 11.5 Å². The Hall–Kier alpha value is -5.01. The summed E-state index contributed by atoms with van der Waals surface area (Å²) in [5.41, 5.74) is 1.97. The van der Waals surface area contributed by atoms with Gasteiger partial charge in [-0.15, -0.1) is 0 Å². The van der Waals surface area contributed by atoms with Crippen LogP contribution in [0.3, 0.4) is 0 Å². The molecular formula is C42H45N3O8Si. The lowest BCUT2D eigenvalue weighted by molar-refractivity contribution is -0.150. The number of benzene rings is 4. The molecule has 11 nitrogen and oxygen atoms in total. The van der Waals surface area contributed by atoms with E-state index in [0.717, 1.165) is 18.4 Å². The molecule has 0 saturated carbocycles. The molecule has 3 amide bonds.